The van der Waals surface area contributed by atoms with E-state index in [0.717, 1.165) is 103 Å². The third-order valence-electron chi connectivity index (χ3n) is 12.4. The predicted molar refractivity (Wildman–Crippen MR) is 303 cm³/mol. The molecule has 6 unspecified atom stereocenters. The topological polar surface area (TPSA) is 175 Å². The summed E-state index contributed by atoms with van der Waals surface area (Å²) in [6.45, 7) is 5.65. The van der Waals surface area contributed by atoms with Gasteiger partial charge in [-0.2, -0.15) is 0 Å². The number of carbonyl (C=O) groups is 4. The van der Waals surface area contributed by atoms with Crippen molar-refractivity contribution >= 4 is 23.9 Å². The zero-order valence-corrected chi connectivity index (χ0v) is 46.5. The Morgan fingerprint density at radius 2 is 0.867 bits per heavy atom. The van der Waals surface area contributed by atoms with E-state index in [1.54, 1.807) is 0 Å². The van der Waals surface area contributed by atoms with Gasteiger partial charge in [-0.1, -0.05) is 214 Å². The van der Waals surface area contributed by atoms with Crippen LogP contribution in [0.25, 0.3) is 0 Å². The SMILES string of the molecule is CC/C=C\C/C=C\C/C=C\C/C=C\C/C=C\C/C=C\CCC(=O)OCC(COC1OC(C(=O)O)C(O)C(O)C1OC(=O)CCCCCCCCCCCCCCC)OC(=O)CCCCC/C=C\C/C=C\C/C=C\CC. The molecule has 0 radical (unpaired) electrons. The van der Waals surface area contributed by atoms with E-state index in [0.29, 0.717) is 19.3 Å². The van der Waals surface area contributed by atoms with Gasteiger partial charge in [0.25, 0.3) is 0 Å². The maximum absolute atomic E-state index is 13.1. The molecule has 1 fully saturated rings. The van der Waals surface area contributed by atoms with Crippen LogP contribution >= 0.6 is 0 Å². The summed E-state index contributed by atoms with van der Waals surface area (Å²) in [6, 6.07) is 0. The van der Waals surface area contributed by atoms with Gasteiger partial charge in [0.05, 0.1) is 6.61 Å². The minimum absolute atomic E-state index is 0.0474. The molecule has 75 heavy (non-hydrogen) atoms. The molecular formula is C63H100O12. The van der Waals surface area contributed by atoms with Crippen LogP contribution in [0.2, 0.25) is 0 Å². The number of allylic oxidation sites excluding steroid dienone is 18. The molecule has 0 aromatic heterocycles. The second-order valence-corrected chi connectivity index (χ2v) is 19.2. The Morgan fingerprint density at radius 1 is 0.453 bits per heavy atom. The van der Waals surface area contributed by atoms with Gasteiger partial charge in [0.1, 0.15) is 18.8 Å². The van der Waals surface area contributed by atoms with E-state index in [4.69, 9.17) is 23.7 Å². The molecule has 6 atom stereocenters. The highest BCUT2D eigenvalue weighted by atomic mass is 16.7. The number of rotatable bonds is 47. The molecule has 424 valence electrons. The molecule has 1 rings (SSSR count). The second-order valence-electron chi connectivity index (χ2n) is 19.2. The lowest BCUT2D eigenvalue weighted by atomic mass is 9.98. The van der Waals surface area contributed by atoms with E-state index < -0.39 is 67.3 Å². The molecule has 12 nitrogen and oxygen atoms in total. The molecule has 1 saturated heterocycles. The minimum atomic E-state index is -1.92. The van der Waals surface area contributed by atoms with Crippen LogP contribution in [-0.2, 0) is 42.9 Å². The van der Waals surface area contributed by atoms with Crippen molar-refractivity contribution in [3.8, 4) is 0 Å². The maximum Gasteiger partial charge on any atom is 0.335 e. The van der Waals surface area contributed by atoms with Crippen LogP contribution in [0.15, 0.2) is 109 Å². The number of aliphatic hydroxyl groups is 2. The van der Waals surface area contributed by atoms with Gasteiger partial charge in [-0.3, -0.25) is 14.4 Å². The van der Waals surface area contributed by atoms with Gasteiger partial charge in [0.15, 0.2) is 24.6 Å². The summed E-state index contributed by atoms with van der Waals surface area (Å²) in [5.74, 6) is -3.28. The van der Waals surface area contributed by atoms with Crippen molar-refractivity contribution in [2.45, 2.75) is 250 Å². The summed E-state index contributed by atoms with van der Waals surface area (Å²) in [5.41, 5.74) is 0. The Bertz CT molecular complexity index is 1720. The molecule has 0 aliphatic carbocycles. The molecule has 3 N–H and O–H groups in total. The molecule has 12 heteroatoms. The average molecular weight is 1050 g/mol. The third kappa shape index (κ3) is 40.3. The number of carboxylic acid groups (broad SMARTS) is 1. The second kappa shape index (κ2) is 50.2. The fraction of sp³-hybridized carbons (Fsp3) is 0.651. The van der Waals surface area contributed by atoms with E-state index in [2.05, 4.69) is 118 Å². The van der Waals surface area contributed by atoms with Gasteiger partial charge in [0.2, 0.25) is 0 Å². The quantitative estimate of drug-likeness (QED) is 0.0228. The number of carbonyl (C=O) groups excluding carboxylic acids is 3. The van der Waals surface area contributed by atoms with Crippen molar-refractivity contribution in [3.63, 3.8) is 0 Å². The molecule has 0 saturated carbocycles. The van der Waals surface area contributed by atoms with Crippen molar-refractivity contribution in [2.24, 2.45) is 0 Å². The van der Waals surface area contributed by atoms with Gasteiger partial charge in [0, 0.05) is 19.3 Å². The first kappa shape index (κ1) is 68.4. The van der Waals surface area contributed by atoms with Crippen molar-refractivity contribution in [1.29, 1.82) is 0 Å². The highest BCUT2D eigenvalue weighted by molar-refractivity contribution is 5.74. The molecule has 0 spiro atoms. The van der Waals surface area contributed by atoms with Crippen LogP contribution in [0.3, 0.4) is 0 Å². The summed E-state index contributed by atoms with van der Waals surface area (Å²) in [7, 11) is 0. The summed E-state index contributed by atoms with van der Waals surface area (Å²) in [4.78, 5) is 51.0. The van der Waals surface area contributed by atoms with Crippen molar-refractivity contribution in [1.82, 2.24) is 0 Å². The Kier molecular flexibility index (Phi) is 45.8. The fourth-order valence-corrected chi connectivity index (χ4v) is 8.00. The zero-order valence-electron chi connectivity index (χ0n) is 46.5. The zero-order chi connectivity index (χ0) is 54.7. The summed E-state index contributed by atoms with van der Waals surface area (Å²) in [5, 5.41) is 31.4. The number of hydrogen-bond acceptors (Lipinski definition) is 11. The van der Waals surface area contributed by atoms with Gasteiger partial charge in [-0.05, 0) is 89.9 Å². The summed E-state index contributed by atoms with van der Waals surface area (Å²) >= 11 is 0. The van der Waals surface area contributed by atoms with E-state index in [-0.39, 0.29) is 25.9 Å². The molecule has 1 aliphatic heterocycles. The number of unbranched alkanes of at least 4 members (excludes halogenated alkanes) is 15. The molecule has 1 aliphatic rings. The van der Waals surface area contributed by atoms with Crippen molar-refractivity contribution in [2.75, 3.05) is 13.2 Å². The number of aliphatic carboxylic acids is 1. The number of carboxylic acids is 1. The summed E-state index contributed by atoms with van der Waals surface area (Å²) < 4.78 is 28.3. The normalized spacial score (nSPS) is 19.0. The average Bonchev–Trinajstić information content (AvgIpc) is 3.39. The highest BCUT2D eigenvalue weighted by Gasteiger charge is 2.50. The molecule has 0 aromatic carbocycles. The van der Waals surface area contributed by atoms with Crippen LogP contribution in [0, 0.1) is 0 Å². The van der Waals surface area contributed by atoms with Gasteiger partial charge < -0.3 is 39.0 Å². The van der Waals surface area contributed by atoms with Crippen LogP contribution < -0.4 is 0 Å². The maximum atomic E-state index is 13.1. The standard InChI is InChI=1S/C63H100O12/c1-4-7-10-13-16-19-22-25-26-27-28-29-30-33-34-37-40-43-46-49-55(64)71-52-54(73-56(65)50-47-44-41-38-35-31-23-20-17-14-11-8-5-2)53-72-63-61(59(68)58(67)60(75-63)62(69)70)74-57(66)51-48-45-42-39-36-32-24-21-18-15-12-9-6-3/h7-8,10-11,16-17,19-20,25-26,28-29,31,33-35,40,43,54,58-61,63,67-68H,4-6,9,12-15,18,21-24,27,30,32,36-39,41-42,44-53H2,1-3H3,(H,69,70)/b10-7-,11-8-,19-16-,20-17-,26-25-,29-28-,34-33-,35-31-,43-40-. The molecule has 0 bridgehead atoms. The smallest absolute Gasteiger partial charge is 0.335 e. The van der Waals surface area contributed by atoms with Crippen molar-refractivity contribution in [3.05, 3.63) is 109 Å². The lowest BCUT2D eigenvalue weighted by molar-refractivity contribution is -0.301. The number of aliphatic hydroxyl groups excluding tert-OH is 2. The van der Waals surface area contributed by atoms with E-state index in [9.17, 15) is 34.5 Å². The van der Waals surface area contributed by atoms with E-state index >= 15 is 0 Å². The number of ether oxygens (including phenoxy) is 5. The Morgan fingerprint density at radius 3 is 1.33 bits per heavy atom. The van der Waals surface area contributed by atoms with E-state index in [1.807, 2.05) is 12.2 Å². The first-order chi connectivity index (χ1) is 36.6. The lowest BCUT2D eigenvalue weighted by Crippen LogP contribution is -2.61. The largest absolute Gasteiger partial charge is 0.479 e. The molecule has 1 heterocycles. The first-order valence-corrected chi connectivity index (χ1v) is 28.9. The van der Waals surface area contributed by atoms with E-state index in [1.165, 1.54) is 51.4 Å². The summed E-state index contributed by atoms with van der Waals surface area (Å²) in [6.07, 6.45) is 55.1. The monoisotopic (exact) mass is 1050 g/mol. The highest BCUT2D eigenvalue weighted by Crippen LogP contribution is 2.26. The van der Waals surface area contributed by atoms with Crippen molar-refractivity contribution < 1.29 is 58.2 Å². The Balaban J connectivity index is 2.76. The van der Waals surface area contributed by atoms with Crippen LogP contribution in [0.1, 0.15) is 213 Å². The predicted octanol–water partition coefficient (Wildman–Crippen LogP) is 14.7. The molecule has 0 amide bonds. The number of hydrogen-bond donors (Lipinski definition) is 3. The number of esters is 3. The van der Waals surface area contributed by atoms with Gasteiger partial charge in [-0.25, -0.2) is 4.79 Å². The van der Waals surface area contributed by atoms with Crippen LogP contribution in [0.5, 0.6) is 0 Å². The molecule has 0 aromatic rings. The lowest BCUT2D eigenvalue weighted by Gasteiger charge is -2.40. The fourth-order valence-electron chi connectivity index (χ4n) is 8.00. The third-order valence-corrected chi connectivity index (χ3v) is 12.4. The Hall–Kier alpha value is -4.62. The molecular weight excluding hydrogens is 949 g/mol. The minimum Gasteiger partial charge on any atom is -0.479 e. The van der Waals surface area contributed by atoms with Crippen LogP contribution in [0.4, 0.5) is 0 Å². The first-order valence-electron chi connectivity index (χ1n) is 28.9. The Labute approximate surface area is 453 Å². The van der Waals surface area contributed by atoms with Gasteiger partial charge in [-0.15, -0.1) is 0 Å². The van der Waals surface area contributed by atoms with Crippen LogP contribution in [-0.4, -0.2) is 89.2 Å². The van der Waals surface area contributed by atoms with Gasteiger partial charge >= 0.3 is 23.9 Å².